The second kappa shape index (κ2) is 5.50. The third-order valence-electron chi connectivity index (χ3n) is 2.19. The van der Waals surface area contributed by atoms with Crippen molar-refractivity contribution in [3.63, 3.8) is 0 Å². The molecule has 5 nitrogen and oxygen atoms in total. The Hall–Kier alpha value is -1.36. The lowest BCUT2D eigenvalue weighted by molar-refractivity contribution is 0.727. The van der Waals surface area contributed by atoms with Crippen LogP contribution in [0.4, 0.5) is 5.82 Å². The zero-order valence-electron chi connectivity index (χ0n) is 9.31. The molecule has 0 aromatic carbocycles. The lowest BCUT2D eigenvalue weighted by Gasteiger charge is -2.21. The van der Waals surface area contributed by atoms with Crippen molar-refractivity contribution >= 4 is 5.82 Å². The van der Waals surface area contributed by atoms with Crippen molar-refractivity contribution < 1.29 is 0 Å². The van der Waals surface area contributed by atoms with Gasteiger partial charge in [0.2, 0.25) is 0 Å². The van der Waals surface area contributed by atoms with Gasteiger partial charge in [0.1, 0.15) is 0 Å². The van der Waals surface area contributed by atoms with Gasteiger partial charge in [-0.05, 0) is 6.42 Å². The van der Waals surface area contributed by atoms with E-state index >= 15 is 0 Å². The van der Waals surface area contributed by atoms with E-state index in [0.29, 0.717) is 18.9 Å². The van der Waals surface area contributed by atoms with Crippen LogP contribution in [0.25, 0.3) is 0 Å². The summed E-state index contributed by atoms with van der Waals surface area (Å²) in [5.74, 6) is 0.493. The molecule has 0 radical (unpaired) electrons. The fraction of sp³-hybridized carbons (Fsp3) is 0.600. The van der Waals surface area contributed by atoms with Crippen LogP contribution >= 0.6 is 0 Å². The number of aromatic nitrogens is 2. The van der Waals surface area contributed by atoms with Crippen LogP contribution in [-0.2, 0) is 7.05 Å². The van der Waals surface area contributed by atoms with E-state index in [1.54, 1.807) is 19.4 Å². The van der Waals surface area contributed by atoms with Gasteiger partial charge >= 0.3 is 0 Å². The van der Waals surface area contributed by atoms with Crippen LogP contribution in [0.15, 0.2) is 17.2 Å². The highest BCUT2D eigenvalue weighted by Crippen LogP contribution is 2.02. The Bertz CT molecular complexity index is 355. The maximum atomic E-state index is 11.8. The van der Waals surface area contributed by atoms with Gasteiger partial charge in [-0.3, -0.25) is 4.79 Å². The minimum Gasteiger partial charge on any atom is -0.351 e. The quantitative estimate of drug-likeness (QED) is 0.740. The van der Waals surface area contributed by atoms with Crippen LogP contribution in [0.2, 0.25) is 0 Å². The van der Waals surface area contributed by atoms with Crippen LogP contribution in [0.1, 0.15) is 13.3 Å². The molecule has 2 N–H and O–H groups in total. The molecule has 0 fully saturated rings. The van der Waals surface area contributed by atoms with E-state index < -0.39 is 0 Å². The third kappa shape index (κ3) is 2.79. The first kappa shape index (κ1) is 11.7. The van der Waals surface area contributed by atoms with Crippen molar-refractivity contribution in [1.29, 1.82) is 0 Å². The molecule has 0 aliphatic carbocycles. The van der Waals surface area contributed by atoms with Crippen LogP contribution in [0.5, 0.6) is 0 Å². The van der Waals surface area contributed by atoms with Crippen molar-refractivity contribution in [2.24, 2.45) is 12.8 Å². The van der Waals surface area contributed by atoms with E-state index in [9.17, 15) is 4.79 Å². The minimum atomic E-state index is -0.0700. The molecule has 0 unspecified atom stereocenters. The van der Waals surface area contributed by atoms with E-state index in [-0.39, 0.29) is 5.56 Å². The Morgan fingerprint density at radius 3 is 2.87 bits per heavy atom. The molecule has 0 saturated carbocycles. The summed E-state index contributed by atoms with van der Waals surface area (Å²) < 4.78 is 1.53. The summed E-state index contributed by atoms with van der Waals surface area (Å²) >= 11 is 0. The van der Waals surface area contributed by atoms with Crippen LogP contribution in [0.3, 0.4) is 0 Å². The number of aryl methyl sites for hydroxylation is 1. The van der Waals surface area contributed by atoms with Gasteiger partial charge in [-0.2, -0.15) is 0 Å². The lowest BCUT2D eigenvalue weighted by atomic mass is 10.4. The Morgan fingerprint density at radius 1 is 1.53 bits per heavy atom. The molecule has 0 aliphatic heterocycles. The molecule has 15 heavy (non-hydrogen) atoms. The van der Waals surface area contributed by atoms with Crippen molar-refractivity contribution in [2.75, 3.05) is 24.5 Å². The number of anilines is 1. The maximum absolute atomic E-state index is 11.8. The molecular weight excluding hydrogens is 192 g/mol. The molecule has 1 heterocycles. The average molecular weight is 210 g/mol. The number of hydrogen-bond donors (Lipinski definition) is 1. The molecule has 0 atom stereocenters. The Kier molecular flexibility index (Phi) is 4.30. The van der Waals surface area contributed by atoms with Crippen LogP contribution in [-0.4, -0.2) is 29.2 Å². The zero-order valence-corrected chi connectivity index (χ0v) is 9.31. The first-order valence-electron chi connectivity index (χ1n) is 5.17. The maximum Gasteiger partial charge on any atom is 0.293 e. The Balaban J connectivity index is 2.99. The fourth-order valence-electron chi connectivity index (χ4n) is 1.45. The van der Waals surface area contributed by atoms with Gasteiger partial charge in [0, 0.05) is 39.1 Å². The predicted molar refractivity (Wildman–Crippen MR) is 61.0 cm³/mol. The van der Waals surface area contributed by atoms with Gasteiger partial charge in [0.05, 0.1) is 0 Å². The monoisotopic (exact) mass is 210 g/mol. The molecule has 84 valence electrons. The molecule has 5 heteroatoms. The van der Waals surface area contributed by atoms with E-state index in [2.05, 4.69) is 11.9 Å². The first-order valence-corrected chi connectivity index (χ1v) is 5.17. The average Bonchev–Trinajstić information content (AvgIpc) is 2.22. The zero-order chi connectivity index (χ0) is 11.3. The predicted octanol–water partition coefficient (Wildman–Crippen LogP) is -0.0446. The second-order valence-corrected chi connectivity index (χ2v) is 3.44. The highest BCUT2D eigenvalue weighted by atomic mass is 16.1. The molecule has 0 amide bonds. The number of nitrogens with zero attached hydrogens (tertiary/aromatic N) is 3. The number of hydrogen-bond acceptors (Lipinski definition) is 4. The van der Waals surface area contributed by atoms with Gasteiger partial charge in [-0.15, -0.1) is 0 Å². The molecular formula is C10H18N4O. The molecule has 0 bridgehead atoms. The van der Waals surface area contributed by atoms with Crippen LogP contribution in [0, 0.1) is 0 Å². The minimum absolute atomic E-state index is 0.0700. The SMILES string of the molecule is CCCN(CCN)c1nccn(C)c1=O. The largest absolute Gasteiger partial charge is 0.351 e. The summed E-state index contributed by atoms with van der Waals surface area (Å²) in [6, 6.07) is 0. The van der Waals surface area contributed by atoms with Gasteiger partial charge < -0.3 is 15.2 Å². The van der Waals surface area contributed by atoms with Gasteiger partial charge in [-0.25, -0.2) is 4.98 Å². The summed E-state index contributed by atoms with van der Waals surface area (Å²) in [4.78, 5) is 17.8. The normalized spacial score (nSPS) is 10.3. The third-order valence-corrected chi connectivity index (χ3v) is 2.19. The summed E-state index contributed by atoms with van der Waals surface area (Å²) in [5.41, 5.74) is 5.44. The highest BCUT2D eigenvalue weighted by Gasteiger charge is 2.10. The first-order chi connectivity index (χ1) is 7.20. The van der Waals surface area contributed by atoms with Crippen molar-refractivity contribution in [2.45, 2.75) is 13.3 Å². The Labute approximate surface area is 89.5 Å². The summed E-state index contributed by atoms with van der Waals surface area (Å²) in [6.07, 6.45) is 4.26. The number of nitrogens with two attached hydrogens (primary N) is 1. The van der Waals surface area contributed by atoms with E-state index in [1.807, 2.05) is 4.90 Å². The lowest BCUT2D eigenvalue weighted by Crippen LogP contribution is -2.36. The van der Waals surface area contributed by atoms with Crippen molar-refractivity contribution in [3.8, 4) is 0 Å². The molecule has 1 aromatic heterocycles. The Morgan fingerprint density at radius 2 is 2.27 bits per heavy atom. The summed E-state index contributed by atoms with van der Waals surface area (Å²) in [6.45, 7) is 4.07. The van der Waals surface area contributed by atoms with Gasteiger partial charge in [0.15, 0.2) is 5.82 Å². The molecule has 1 aromatic rings. The summed E-state index contributed by atoms with van der Waals surface area (Å²) in [7, 11) is 1.72. The second-order valence-electron chi connectivity index (χ2n) is 3.44. The van der Waals surface area contributed by atoms with Crippen molar-refractivity contribution in [1.82, 2.24) is 9.55 Å². The van der Waals surface area contributed by atoms with Crippen LogP contribution < -0.4 is 16.2 Å². The van der Waals surface area contributed by atoms with Gasteiger partial charge in [-0.1, -0.05) is 6.92 Å². The van der Waals surface area contributed by atoms with E-state index in [4.69, 9.17) is 5.73 Å². The van der Waals surface area contributed by atoms with E-state index in [0.717, 1.165) is 13.0 Å². The molecule has 0 saturated heterocycles. The molecule has 0 spiro atoms. The summed E-state index contributed by atoms with van der Waals surface area (Å²) in [5, 5.41) is 0. The fourth-order valence-corrected chi connectivity index (χ4v) is 1.45. The standard InChI is InChI=1S/C10H18N4O/c1-3-6-14(7-4-11)9-10(15)13(2)8-5-12-9/h5,8H,3-4,6-7,11H2,1-2H3. The van der Waals surface area contributed by atoms with E-state index in [1.165, 1.54) is 4.57 Å². The van der Waals surface area contributed by atoms with Gasteiger partial charge in [0.25, 0.3) is 5.56 Å². The molecule has 1 rings (SSSR count). The smallest absolute Gasteiger partial charge is 0.293 e. The molecule has 0 aliphatic rings. The van der Waals surface area contributed by atoms with Crippen molar-refractivity contribution in [3.05, 3.63) is 22.7 Å². The number of rotatable bonds is 5. The topological polar surface area (TPSA) is 64.2 Å². The highest BCUT2D eigenvalue weighted by molar-refractivity contribution is 5.35.